The predicted octanol–water partition coefficient (Wildman–Crippen LogP) is 2.06. The monoisotopic (exact) mass is 404 g/mol. The Morgan fingerprint density at radius 3 is 2.75 bits per heavy atom. The molecule has 0 aromatic carbocycles. The van der Waals surface area contributed by atoms with Gasteiger partial charge in [0.05, 0.1) is 9.89 Å². The normalized spacial score (nSPS) is 24.4. The lowest BCUT2D eigenvalue weighted by Crippen LogP contribution is -2.50. The molecule has 1 aliphatic heterocycles. The summed E-state index contributed by atoms with van der Waals surface area (Å²) in [7, 11) is -1.80. The molecule has 1 saturated heterocycles. The van der Waals surface area contributed by atoms with Crippen LogP contribution in [0.25, 0.3) is 0 Å². The number of ether oxygens (including phenoxy) is 1. The van der Waals surface area contributed by atoms with E-state index in [1.807, 2.05) is 0 Å². The van der Waals surface area contributed by atoms with Crippen LogP contribution in [0.3, 0.4) is 0 Å². The molecular weight excluding hydrogens is 388 g/mol. The second-order valence-corrected chi connectivity index (χ2v) is 9.03. The zero-order chi connectivity index (χ0) is 14.0. The molecule has 0 radical (unpaired) electrons. The first-order valence-electron chi connectivity index (χ1n) is 5.99. The van der Waals surface area contributed by atoms with Crippen molar-refractivity contribution in [3.8, 4) is 0 Å². The second kappa shape index (κ2) is 7.53. The zero-order valence-electron chi connectivity index (χ0n) is 11.0. The highest BCUT2D eigenvalue weighted by molar-refractivity contribution is 9.11. The van der Waals surface area contributed by atoms with Crippen molar-refractivity contribution < 1.29 is 13.2 Å². The SMILES string of the molecule is COC1CCN(S(=O)(=O)c2ccc(Br)s2)C(CN)C1.Cl. The molecule has 0 spiro atoms. The number of nitrogens with two attached hydrogens (primary N) is 1. The molecule has 0 aliphatic carbocycles. The molecule has 1 aliphatic rings. The van der Waals surface area contributed by atoms with Crippen molar-refractivity contribution in [3.05, 3.63) is 15.9 Å². The summed E-state index contributed by atoms with van der Waals surface area (Å²) < 4.78 is 33.2. The van der Waals surface area contributed by atoms with Crippen LogP contribution < -0.4 is 5.73 Å². The molecule has 2 heterocycles. The predicted molar refractivity (Wildman–Crippen MR) is 86.0 cm³/mol. The van der Waals surface area contributed by atoms with Gasteiger partial charge in [-0.1, -0.05) is 0 Å². The van der Waals surface area contributed by atoms with Crippen molar-refractivity contribution in [2.75, 3.05) is 20.2 Å². The summed E-state index contributed by atoms with van der Waals surface area (Å²) in [4.78, 5) is 0. The van der Waals surface area contributed by atoms with Gasteiger partial charge < -0.3 is 10.5 Å². The number of thiophene rings is 1. The standard InChI is InChI=1S/C11H17BrN2O3S2.ClH/c1-17-9-4-5-14(8(6-9)7-13)19(15,16)11-3-2-10(12)18-11;/h2-3,8-9H,4-7,13H2,1H3;1H. The van der Waals surface area contributed by atoms with E-state index in [2.05, 4.69) is 15.9 Å². The fraction of sp³-hybridized carbons (Fsp3) is 0.636. The Hall–Kier alpha value is 0.300. The van der Waals surface area contributed by atoms with Gasteiger partial charge in [-0.2, -0.15) is 4.31 Å². The van der Waals surface area contributed by atoms with Gasteiger partial charge >= 0.3 is 0 Å². The number of nitrogens with zero attached hydrogens (tertiary/aromatic N) is 1. The van der Waals surface area contributed by atoms with Gasteiger partial charge in [-0.15, -0.1) is 23.7 Å². The van der Waals surface area contributed by atoms with E-state index in [0.717, 1.165) is 3.79 Å². The molecule has 2 unspecified atom stereocenters. The molecule has 2 N–H and O–H groups in total. The molecule has 2 atom stereocenters. The number of piperidine rings is 1. The highest BCUT2D eigenvalue weighted by Crippen LogP contribution is 2.32. The third kappa shape index (κ3) is 3.73. The quantitative estimate of drug-likeness (QED) is 0.832. The van der Waals surface area contributed by atoms with Gasteiger partial charge in [0.25, 0.3) is 10.0 Å². The van der Waals surface area contributed by atoms with E-state index in [4.69, 9.17) is 10.5 Å². The number of hydrogen-bond donors (Lipinski definition) is 1. The van der Waals surface area contributed by atoms with Gasteiger partial charge in [-0.3, -0.25) is 0 Å². The summed E-state index contributed by atoms with van der Waals surface area (Å²) in [6.45, 7) is 0.768. The Bertz CT molecular complexity index is 538. The second-order valence-electron chi connectivity index (χ2n) is 4.45. The van der Waals surface area contributed by atoms with E-state index in [0.29, 0.717) is 30.1 Å². The third-order valence-corrected chi connectivity index (χ3v) is 7.37. The molecule has 0 saturated carbocycles. The number of sulfonamides is 1. The van der Waals surface area contributed by atoms with Crippen molar-refractivity contribution >= 4 is 49.7 Å². The van der Waals surface area contributed by atoms with Crippen molar-refractivity contribution in [2.24, 2.45) is 5.73 Å². The molecule has 1 fully saturated rings. The van der Waals surface area contributed by atoms with E-state index in [1.165, 1.54) is 15.6 Å². The molecule has 1 aromatic rings. The molecule has 1 aromatic heterocycles. The van der Waals surface area contributed by atoms with Gasteiger partial charge in [0.1, 0.15) is 4.21 Å². The average Bonchev–Trinajstić information content (AvgIpc) is 2.85. The highest BCUT2D eigenvalue weighted by atomic mass is 79.9. The summed E-state index contributed by atoms with van der Waals surface area (Å²) in [6, 6.07) is 3.18. The molecule has 116 valence electrons. The van der Waals surface area contributed by atoms with Gasteiger partial charge in [0, 0.05) is 26.2 Å². The molecule has 5 nitrogen and oxygen atoms in total. The van der Waals surface area contributed by atoms with Crippen LogP contribution in [0.15, 0.2) is 20.1 Å². The lowest BCUT2D eigenvalue weighted by molar-refractivity contribution is 0.0402. The number of halogens is 2. The minimum Gasteiger partial charge on any atom is -0.381 e. The fourth-order valence-electron chi connectivity index (χ4n) is 2.29. The molecule has 0 bridgehead atoms. The largest absolute Gasteiger partial charge is 0.381 e. The van der Waals surface area contributed by atoms with Crippen LogP contribution in [0.5, 0.6) is 0 Å². The molecule has 9 heteroatoms. The maximum Gasteiger partial charge on any atom is 0.252 e. The summed E-state index contributed by atoms with van der Waals surface area (Å²) >= 11 is 4.51. The molecular formula is C11H18BrClN2O3S2. The molecule has 0 amide bonds. The van der Waals surface area contributed by atoms with Crippen molar-refractivity contribution in [2.45, 2.75) is 29.2 Å². The van der Waals surface area contributed by atoms with E-state index in [-0.39, 0.29) is 24.6 Å². The number of methoxy groups -OCH3 is 1. The average molecular weight is 406 g/mol. The van der Waals surface area contributed by atoms with E-state index >= 15 is 0 Å². The third-order valence-electron chi connectivity index (χ3n) is 3.33. The van der Waals surface area contributed by atoms with Crippen molar-refractivity contribution in [1.29, 1.82) is 0 Å². The zero-order valence-corrected chi connectivity index (χ0v) is 15.0. The first-order valence-corrected chi connectivity index (χ1v) is 9.04. The Labute approximate surface area is 138 Å². The summed E-state index contributed by atoms with van der Waals surface area (Å²) in [5, 5.41) is 0. The number of hydrogen-bond acceptors (Lipinski definition) is 5. The van der Waals surface area contributed by atoms with Gasteiger partial charge in [0.15, 0.2) is 0 Å². The summed E-state index contributed by atoms with van der Waals surface area (Å²) in [6.07, 6.45) is 1.45. The minimum absolute atomic E-state index is 0. The van der Waals surface area contributed by atoms with Gasteiger partial charge in [-0.05, 0) is 40.9 Å². The van der Waals surface area contributed by atoms with Crippen LogP contribution in [0.4, 0.5) is 0 Å². The summed E-state index contributed by atoms with van der Waals surface area (Å²) in [5.74, 6) is 0. The van der Waals surface area contributed by atoms with E-state index in [1.54, 1.807) is 19.2 Å². The molecule has 20 heavy (non-hydrogen) atoms. The van der Waals surface area contributed by atoms with Crippen LogP contribution in [0.1, 0.15) is 12.8 Å². The van der Waals surface area contributed by atoms with Crippen LogP contribution >= 0.6 is 39.7 Å². The number of rotatable bonds is 4. The highest BCUT2D eigenvalue weighted by Gasteiger charge is 2.36. The van der Waals surface area contributed by atoms with E-state index < -0.39 is 10.0 Å². The maximum absolute atomic E-state index is 12.6. The van der Waals surface area contributed by atoms with Gasteiger partial charge in [0.2, 0.25) is 0 Å². The topological polar surface area (TPSA) is 72.6 Å². The Kier molecular flexibility index (Phi) is 6.91. The maximum atomic E-state index is 12.6. The van der Waals surface area contributed by atoms with E-state index in [9.17, 15) is 8.42 Å². The van der Waals surface area contributed by atoms with Crippen molar-refractivity contribution in [3.63, 3.8) is 0 Å². The van der Waals surface area contributed by atoms with Crippen LogP contribution in [0, 0.1) is 0 Å². The lowest BCUT2D eigenvalue weighted by Gasteiger charge is -2.37. The lowest BCUT2D eigenvalue weighted by atomic mass is 10.0. The van der Waals surface area contributed by atoms with Crippen LogP contribution in [0.2, 0.25) is 0 Å². The Balaban J connectivity index is 0.00000200. The Morgan fingerprint density at radius 1 is 1.55 bits per heavy atom. The Morgan fingerprint density at radius 2 is 2.25 bits per heavy atom. The molecule has 2 rings (SSSR count). The minimum atomic E-state index is -3.45. The van der Waals surface area contributed by atoms with Crippen molar-refractivity contribution in [1.82, 2.24) is 4.31 Å². The van der Waals surface area contributed by atoms with Gasteiger partial charge in [-0.25, -0.2) is 8.42 Å². The fourth-order valence-corrected chi connectivity index (χ4v) is 6.09. The first-order chi connectivity index (χ1) is 8.98. The van der Waals surface area contributed by atoms with Crippen LogP contribution in [-0.2, 0) is 14.8 Å². The smallest absolute Gasteiger partial charge is 0.252 e. The van der Waals surface area contributed by atoms with Crippen LogP contribution in [-0.4, -0.2) is 45.1 Å². The first kappa shape index (κ1) is 18.3. The summed E-state index contributed by atoms with van der Waals surface area (Å²) in [5.41, 5.74) is 5.72.